The molecule has 0 radical (unpaired) electrons. The lowest BCUT2D eigenvalue weighted by Gasteiger charge is -1.98. The SMILES string of the molecule is CC(=O)N(C)F.Cc1nc2nccc(-c3cc4ccccc4[nH]3)c2[nH]1. The molecule has 128 valence electrons. The average Bonchev–Trinajstić information content (AvgIpc) is 3.16. The van der Waals surface area contributed by atoms with Crippen molar-refractivity contribution in [3.63, 3.8) is 0 Å². The highest BCUT2D eigenvalue weighted by Crippen LogP contribution is 2.28. The quantitative estimate of drug-likeness (QED) is 0.518. The van der Waals surface area contributed by atoms with Crippen molar-refractivity contribution in [1.29, 1.82) is 0 Å². The van der Waals surface area contributed by atoms with Crippen molar-refractivity contribution in [2.75, 3.05) is 7.05 Å². The zero-order valence-electron chi connectivity index (χ0n) is 14.2. The molecule has 25 heavy (non-hydrogen) atoms. The molecule has 0 saturated carbocycles. The molecular formula is C18H18FN5O. The van der Waals surface area contributed by atoms with Crippen molar-refractivity contribution in [2.45, 2.75) is 13.8 Å². The van der Waals surface area contributed by atoms with Gasteiger partial charge in [0.05, 0.1) is 5.52 Å². The van der Waals surface area contributed by atoms with Gasteiger partial charge in [0.2, 0.25) is 5.91 Å². The minimum atomic E-state index is -0.574. The van der Waals surface area contributed by atoms with Gasteiger partial charge in [0.15, 0.2) is 5.65 Å². The highest BCUT2D eigenvalue weighted by Gasteiger charge is 2.10. The van der Waals surface area contributed by atoms with Gasteiger partial charge < -0.3 is 9.97 Å². The van der Waals surface area contributed by atoms with Crippen LogP contribution in [0.25, 0.3) is 33.3 Å². The maximum absolute atomic E-state index is 11.3. The number of carbonyl (C=O) groups is 1. The number of aromatic amines is 2. The summed E-state index contributed by atoms with van der Waals surface area (Å²) in [6, 6.07) is 12.4. The van der Waals surface area contributed by atoms with Gasteiger partial charge in [-0.1, -0.05) is 22.7 Å². The summed E-state index contributed by atoms with van der Waals surface area (Å²) in [5, 5.41) is 1.23. The van der Waals surface area contributed by atoms with Gasteiger partial charge in [-0.05, 0) is 25.1 Å². The normalized spacial score (nSPS) is 10.6. The van der Waals surface area contributed by atoms with Crippen LogP contribution < -0.4 is 0 Å². The van der Waals surface area contributed by atoms with E-state index in [0.29, 0.717) is 0 Å². The average molecular weight is 339 g/mol. The number of halogens is 1. The molecule has 4 aromatic rings. The number of amides is 1. The second-order valence-electron chi connectivity index (χ2n) is 5.65. The Morgan fingerprint density at radius 1 is 1.20 bits per heavy atom. The van der Waals surface area contributed by atoms with Crippen molar-refractivity contribution < 1.29 is 9.28 Å². The van der Waals surface area contributed by atoms with E-state index in [9.17, 15) is 9.28 Å². The predicted molar refractivity (Wildman–Crippen MR) is 95.5 cm³/mol. The van der Waals surface area contributed by atoms with Gasteiger partial charge in [-0.2, -0.15) is 5.12 Å². The van der Waals surface area contributed by atoms with Gasteiger partial charge in [0.1, 0.15) is 5.82 Å². The van der Waals surface area contributed by atoms with Crippen molar-refractivity contribution in [3.8, 4) is 11.3 Å². The molecule has 0 atom stereocenters. The number of aromatic nitrogens is 4. The van der Waals surface area contributed by atoms with E-state index < -0.39 is 5.91 Å². The standard InChI is InChI=1S/C15H12N4.C3H6FNO/c1-9-17-14-11(6-7-16-15(14)18-9)13-8-10-4-2-3-5-12(10)19-13;1-3(6)5(2)4/h2-8,19H,1H3,(H,16,17,18);1-2H3. The molecule has 0 aliphatic heterocycles. The van der Waals surface area contributed by atoms with Gasteiger partial charge in [-0.25, -0.2) is 9.97 Å². The lowest BCUT2D eigenvalue weighted by Crippen LogP contribution is -2.11. The van der Waals surface area contributed by atoms with Crippen LogP contribution in [0.3, 0.4) is 0 Å². The number of imidazole rings is 1. The Labute approximate surface area is 143 Å². The minimum absolute atomic E-state index is 0.0278. The van der Waals surface area contributed by atoms with Crippen molar-refractivity contribution in [3.05, 3.63) is 48.4 Å². The Balaban J connectivity index is 0.000000265. The molecule has 0 saturated heterocycles. The number of aryl methyl sites for hydroxylation is 1. The van der Waals surface area contributed by atoms with Crippen LogP contribution in [0.5, 0.6) is 0 Å². The highest BCUT2D eigenvalue weighted by atomic mass is 19.2. The molecular weight excluding hydrogens is 321 g/mol. The summed E-state index contributed by atoms with van der Waals surface area (Å²) in [6.07, 6.45) is 1.80. The number of carbonyl (C=O) groups excluding carboxylic acids is 1. The minimum Gasteiger partial charge on any atom is -0.354 e. The number of H-pyrrole nitrogens is 2. The van der Waals surface area contributed by atoms with E-state index in [2.05, 4.69) is 38.1 Å². The van der Waals surface area contributed by atoms with Crippen LogP contribution >= 0.6 is 0 Å². The monoisotopic (exact) mass is 339 g/mol. The maximum Gasteiger partial charge on any atom is 0.246 e. The molecule has 3 aromatic heterocycles. The predicted octanol–water partition coefficient (Wildman–Crippen LogP) is 3.76. The molecule has 1 amide bonds. The molecule has 0 bridgehead atoms. The van der Waals surface area contributed by atoms with E-state index in [0.717, 1.165) is 47.7 Å². The number of nitrogens with zero attached hydrogens (tertiary/aromatic N) is 3. The van der Waals surface area contributed by atoms with Gasteiger partial charge in [-0.3, -0.25) is 4.79 Å². The zero-order chi connectivity index (χ0) is 18.0. The van der Waals surface area contributed by atoms with E-state index >= 15 is 0 Å². The smallest absolute Gasteiger partial charge is 0.246 e. The largest absolute Gasteiger partial charge is 0.354 e. The molecule has 0 aliphatic carbocycles. The number of rotatable bonds is 1. The van der Waals surface area contributed by atoms with E-state index in [-0.39, 0.29) is 5.12 Å². The second-order valence-corrected chi connectivity index (χ2v) is 5.65. The molecule has 0 fully saturated rings. The van der Waals surface area contributed by atoms with Crippen LogP contribution in [0.1, 0.15) is 12.7 Å². The Morgan fingerprint density at radius 2 is 1.92 bits per heavy atom. The number of pyridine rings is 1. The number of hydrogen-bond acceptors (Lipinski definition) is 3. The Bertz CT molecular complexity index is 1000. The molecule has 6 nitrogen and oxygen atoms in total. The topological polar surface area (TPSA) is 77.7 Å². The number of hydrogen-bond donors (Lipinski definition) is 2. The fourth-order valence-electron chi connectivity index (χ4n) is 2.47. The lowest BCUT2D eigenvalue weighted by atomic mass is 10.1. The number of fused-ring (bicyclic) bond motifs is 2. The van der Waals surface area contributed by atoms with Crippen LogP contribution in [0.15, 0.2) is 42.6 Å². The number of para-hydroxylation sites is 1. The lowest BCUT2D eigenvalue weighted by molar-refractivity contribution is -0.140. The first-order chi connectivity index (χ1) is 12.0. The van der Waals surface area contributed by atoms with Crippen molar-refractivity contribution in [1.82, 2.24) is 25.1 Å². The number of benzene rings is 1. The first-order valence-corrected chi connectivity index (χ1v) is 7.75. The Morgan fingerprint density at radius 3 is 2.60 bits per heavy atom. The first kappa shape index (κ1) is 16.6. The van der Waals surface area contributed by atoms with Crippen LogP contribution in [-0.4, -0.2) is 38.0 Å². The molecule has 0 spiro atoms. The molecule has 1 aromatic carbocycles. The van der Waals surface area contributed by atoms with E-state index in [1.165, 1.54) is 5.39 Å². The highest BCUT2D eigenvalue weighted by molar-refractivity contribution is 5.93. The number of nitrogens with one attached hydrogen (secondary N) is 2. The van der Waals surface area contributed by atoms with Crippen LogP contribution in [0.2, 0.25) is 0 Å². The third-order valence-corrected chi connectivity index (χ3v) is 3.76. The third kappa shape index (κ3) is 3.50. The van der Waals surface area contributed by atoms with Crippen molar-refractivity contribution >= 4 is 28.0 Å². The Kier molecular flexibility index (Phi) is 4.47. The second kappa shape index (κ2) is 6.72. The molecule has 0 unspecified atom stereocenters. The molecule has 0 aliphatic rings. The van der Waals surface area contributed by atoms with Gasteiger partial charge in [-0.15, -0.1) is 0 Å². The maximum atomic E-state index is 11.3. The van der Waals surface area contributed by atoms with Crippen LogP contribution in [0, 0.1) is 6.92 Å². The van der Waals surface area contributed by atoms with Gasteiger partial charge >= 0.3 is 0 Å². The molecule has 7 heteroatoms. The summed E-state index contributed by atoms with van der Waals surface area (Å²) in [5.74, 6) is 0.307. The fourth-order valence-corrected chi connectivity index (χ4v) is 2.47. The van der Waals surface area contributed by atoms with Crippen LogP contribution in [-0.2, 0) is 4.79 Å². The van der Waals surface area contributed by atoms with Crippen molar-refractivity contribution in [2.24, 2.45) is 0 Å². The molecule has 2 N–H and O–H groups in total. The van der Waals surface area contributed by atoms with Gasteiger partial charge in [0, 0.05) is 42.3 Å². The first-order valence-electron chi connectivity index (χ1n) is 7.75. The Hall–Kier alpha value is -3.22. The van der Waals surface area contributed by atoms with E-state index in [1.807, 2.05) is 25.1 Å². The van der Waals surface area contributed by atoms with Crippen LogP contribution in [0.4, 0.5) is 4.48 Å². The summed E-state index contributed by atoms with van der Waals surface area (Å²) in [7, 11) is 1.06. The molecule has 4 rings (SSSR count). The zero-order valence-corrected chi connectivity index (χ0v) is 14.2. The summed E-state index contributed by atoms with van der Waals surface area (Å²) >= 11 is 0. The summed E-state index contributed by atoms with van der Waals surface area (Å²) in [4.78, 5) is 25.1. The van der Waals surface area contributed by atoms with E-state index in [1.54, 1.807) is 6.20 Å². The summed E-state index contributed by atoms with van der Waals surface area (Å²) < 4.78 is 11.3. The molecule has 3 heterocycles. The summed E-state index contributed by atoms with van der Waals surface area (Å²) in [5.41, 5.74) is 5.05. The van der Waals surface area contributed by atoms with Gasteiger partial charge in [0.25, 0.3) is 0 Å². The fraction of sp³-hybridized carbons (Fsp3) is 0.167. The van der Waals surface area contributed by atoms with E-state index in [4.69, 9.17) is 0 Å². The third-order valence-electron chi connectivity index (χ3n) is 3.76. The summed E-state index contributed by atoms with van der Waals surface area (Å²) in [6.45, 7) is 3.09.